The molecule has 0 fully saturated rings. The van der Waals surface area contributed by atoms with Crippen molar-refractivity contribution in [3.05, 3.63) is 0 Å². The van der Waals surface area contributed by atoms with Gasteiger partial charge < -0.3 is 10.1 Å². The largest absolute Gasteiger partial charge is 0.465 e. The lowest BCUT2D eigenvalue weighted by Gasteiger charge is -2.12. The molecule has 0 saturated carbocycles. The molecule has 1 atom stereocenters. The maximum Gasteiger partial charge on any atom is 0.319 e. The highest BCUT2D eigenvalue weighted by atomic mass is 16.5. The lowest BCUT2D eigenvalue weighted by molar-refractivity contribution is -0.142. The summed E-state index contributed by atoms with van der Waals surface area (Å²) in [7, 11) is 0. The number of hydrogen-bond acceptors (Lipinski definition) is 3. The van der Waals surface area contributed by atoms with Gasteiger partial charge in [-0.25, -0.2) is 0 Å². The maximum atomic E-state index is 11.0. The van der Waals surface area contributed by atoms with Crippen LogP contribution in [0.4, 0.5) is 0 Å². The van der Waals surface area contributed by atoms with Gasteiger partial charge in [0.1, 0.15) is 0 Å². The number of ether oxygens (including phenoxy) is 1. The van der Waals surface area contributed by atoms with Gasteiger partial charge in [-0.05, 0) is 20.3 Å². The van der Waals surface area contributed by atoms with Crippen molar-refractivity contribution in [3.8, 4) is 0 Å². The molecule has 0 radical (unpaired) electrons. The van der Waals surface area contributed by atoms with Crippen LogP contribution in [0.3, 0.4) is 0 Å². The molecule has 0 aliphatic carbocycles. The molecule has 1 unspecified atom stereocenters. The van der Waals surface area contributed by atoms with Crippen LogP contribution < -0.4 is 5.32 Å². The van der Waals surface area contributed by atoms with Crippen molar-refractivity contribution < 1.29 is 9.53 Å². The normalized spacial score (nSPS) is 12.5. The number of rotatable bonds is 8. The van der Waals surface area contributed by atoms with E-state index >= 15 is 0 Å². The van der Waals surface area contributed by atoms with Gasteiger partial charge in [0.25, 0.3) is 0 Å². The molecule has 0 aliphatic heterocycles. The van der Waals surface area contributed by atoms with Crippen molar-refractivity contribution in [3.63, 3.8) is 0 Å². The minimum Gasteiger partial charge on any atom is -0.465 e. The summed E-state index contributed by atoms with van der Waals surface area (Å²) in [6.45, 7) is 6.92. The highest BCUT2D eigenvalue weighted by molar-refractivity contribution is 5.71. The average molecular weight is 201 g/mol. The topological polar surface area (TPSA) is 38.3 Å². The molecular weight excluding hydrogens is 178 g/mol. The molecule has 1 N–H and O–H groups in total. The molecule has 3 nitrogen and oxygen atoms in total. The second-order valence-corrected chi connectivity index (χ2v) is 3.58. The van der Waals surface area contributed by atoms with E-state index < -0.39 is 0 Å². The van der Waals surface area contributed by atoms with E-state index in [-0.39, 0.29) is 5.97 Å². The Morgan fingerprint density at radius 1 is 1.36 bits per heavy atom. The third kappa shape index (κ3) is 8.05. The second kappa shape index (κ2) is 9.00. The average Bonchev–Trinajstić information content (AvgIpc) is 2.16. The predicted molar refractivity (Wildman–Crippen MR) is 58.2 cm³/mol. The molecule has 0 saturated heterocycles. The third-order valence-corrected chi connectivity index (χ3v) is 2.14. The molecule has 0 spiro atoms. The Balaban J connectivity index is 3.33. The summed E-state index contributed by atoms with van der Waals surface area (Å²) in [4.78, 5) is 11.0. The molecule has 0 heterocycles. The van der Waals surface area contributed by atoms with E-state index in [1.54, 1.807) is 0 Å². The molecule has 0 aliphatic rings. The van der Waals surface area contributed by atoms with Gasteiger partial charge in [-0.15, -0.1) is 0 Å². The molecule has 0 aromatic rings. The molecule has 3 heteroatoms. The summed E-state index contributed by atoms with van der Waals surface area (Å²) in [6.07, 6.45) is 4.87. The molecule has 0 amide bonds. The van der Waals surface area contributed by atoms with Crippen LogP contribution in [-0.4, -0.2) is 25.2 Å². The Labute approximate surface area is 87.2 Å². The van der Waals surface area contributed by atoms with Gasteiger partial charge in [-0.1, -0.05) is 26.2 Å². The van der Waals surface area contributed by atoms with Crippen LogP contribution in [0.5, 0.6) is 0 Å². The fourth-order valence-electron chi connectivity index (χ4n) is 1.27. The number of carbonyl (C=O) groups excluding carboxylic acids is 1. The van der Waals surface area contributed by atoms with Crippen molar-refractivity contribution >= 4 is 5.97 Å². The van der Waals surface area contributed by atoms with E-state index in [0.29, 0.717) is 19.2 Å². The quantitative estimate of drug-likeness (QED) is 0.483. The fourth-order valence-corrected chi connectivity index (χ4v) is 1.27. The Bertz CT molecular complexity index is 148. The van der Waals surface area contributed by atoms with E-state index in [0.717, 1.165) is 6.42 Å². The van der Waals surface area contributed by atoms with Crippen LogP contribution in [0.25, 0.3) is 0 Å². The van der Waals surface area contributed by atoms with Crippen molar-refractivity contribution in [1.29, 1.82) is 0 Å². The summed E-state index contributed by atoms with van der Waals surface area (Å²) < 4.78 is 4.82. The minimum atomic E-state index is -0.158. The molecule has 0 rings (SSSR count). The van der Waals surface area contributed by atoms with Crippen molar-refractivity contribution in [1.82, 2.24) is 5.32 Å². The summed E-state index contributed by atoms with van der Waals surface area (Å²) in [5.74, 6) is -0.158. The monoisotopic (exact) mass is 201 g/mol. The zero-order chi connectivity index (χ0) is 10.8. The Morgan fingerprint density at radius 2 is 2.07 bits per heavy atom. The molecule has 84 valence electrons. The summed E-state index contributed by atoms with van der Waals surface area (Å²) in [6, 6.07) is 0.408. The molecule has 0 bridgehead atoms. The van der Waals surface area contributed by atoms with E-state index in [1.807, 2.05) is 6.92 Å². The number of nitrogens with one attached hydrogen (secondary N) is 1. The molecule has 14 heavy (non-hydrogen) atoms. The van der Waals surface area contributed by atoms with Crippen molar-refractivity contribution in [2.75, 3.05) is 13.2 Å². The highest BCUT2D eigenvalue weighted by Crippen LogP contribution is 2.02. The van der Waals surface area contributed by atoms with Gasteiger partial charge in [-0.3, -0.25) is 4.79 Å². The van der Waals surface area contributed by atoms with E-state index in [1.165, 1.54) is 19.3 Å². The Hall–Kier alpha value is -0.570. The van der Waals surface area contributed by atoms with Gasteiger partial charge in [0.15, 0.2) is 0 Å². The summed E-state index contributed by atoms with van der Waals surface area (Å²) >= 11 is 0. The van der Waals surface area contributed by atoms with E-state index in [9.17, 15) is 4.79 Å². The van der Waals surface area contributed by atoms with Gasteiger partial charge >= 0.3 is 5.97 Å². The van der Waals surface area contributed by atoms with Crippen molar-refractivity contribution in [2.45, 2.75) is 52.5 Å². The smallest absolute Gasteiger partial charge is 0.319 e. The highest BCUT2D eigenvalue weighted by Gasteiger charge is 2.04. The lowest BCUT2D eigenvalue weighted by Crippen LogP contribution is -2.32. The SMILES string of the molecule is CCCCCC(C)NCC(=O)OCC. The summed E-state index contributed by atoms with van der Waals surface area (Å²) in [5, 5.41) is 3.15. The second-order valence-electron chi connectivity index (χ2n) is 3.58. The molecule has 0 aromatic carbocycles. The zero-order valence-corrected chi connectivity index (χ0v) is 9.64. The minimum absolute atomic E-state index is 0.158. The molecule has 0 aromatic heterocycles. The van der Waals surface area contributed by atoms with Crippen LogP contribution in [0, 0.1) is 0 Å². The van der Waals surface area contributed by atoms with Gasteiger partial charge in [0, 0.05) is 6.04 Å². The fraction of sp³-hybridized carbons (Fsp3) is 0.909. The first-order valence-corrected chi connectivity index (χ1v) is 5.59. The van der Waals surface area contributed by atoms with Crippen LogP contribution in [0.15, 0.2) is 0 Å². The Kier molecular flexibility index (Phi) is 8.64. The molecular formula is C11H23NO2. The lowest BCUT2D eigenvalue weighted by atomic mass is 10.1. The number of hydrogen-bond donors (Lipinski definition) is 1. The number of carbonyl (C=O) groups is 1. The van der Waals surface area contributed by atoms with E-state index in [2.05, 4.69) is 19.2 Å². The van der Waals surface area contributed by atoms with Crippen LogP contribution in [0.1, 0.15) is 46.5 Å². The predicted octanol–water partition coefficient (Wildman–Crippen LogP) is 2.11. The van der Waals surface area contributed by atoms with Gasteiger partial charge in [-0.2, -0.15) is 0 Å². The number of esters is 1. The Morgan fingerprint density at radius 3 is 2.64 bits per heavy atom. The third-order valence-electron chi connectivity index (χ3n) is 2.14. The standard InChI is InChI=1S/C11H23NO2/c1-4-6-7-8-10(3)12-9-11(13)14-5-2/h10,12H,4-9H2,1-3H3. The van der Waals surface area contributed by atoms with Gasteiger partial charge in [0.05, 0.1) is 13.2 Å². The zero-order valence-electron chi connectivity index (χ0n) is 9.64. The van der Waals surface area contributed by atoms with Crippen molar-refractivity contribution in [2.24, 2.45) is 0 Å². The van der Waals surface area contributed by atoms with Crippen LogP contribution in [-0.2, 0) is 9.53 Å². The van der Waals surface area contributed by atoms with E-state index in [4.69, 9.17) is 4.74 Å². The first-order valence-electron chi connectivity index (χ1n) is 5.59. The van der Waals surface area contributed by atoms with Crippen LogP contribution >= 0.6 is 0 Å². The number of unbranched alkanes of at least 4 members (excludes halogenated alkanes) is 2. The maximum absolute atomic E-state index is 11.0. The van der Waals surface area contributed by atoms with Crippen LogP contribution in [0.2, 0.25) is 0 Å². The summed E-state index contributed by atoms with van der Waals surface area (Å²) in [5.41, 5.74) is 0. The van der Waals surface area contributed by atoms with Gasteiger partial charge in [0.2, 0.25) is 0 Å². The first kappa shape index (κ1) is 13.4. The first-order chi connectivity index (χ1) is 6.70.